The lowest BCUT2D eigenvalue weighted by atomic mass is 10.0. The van der Waals surface area contributed by atoms with Crippen molar-refractivity contribution in [2.45, 2.75) is 19.4 Å². The van der Waals surface area contributed by atoms with Gasteiger partial charge in [-0.3, -0.25) is 0 Å². The van der Waals surface area contributed by atoms with E-state index < -0.39 is 0 Å². The molecule has 0 bridgehead atoms. The van der Waals surface area contributed by atoms with Gasteiger partial charge in [0.15, 0.2) is 0 Å². The number of hydrogen-bond donors (Lipinski definition) is 1. The Morgan fingerprint density at radius 1 is 1.41 bits per heavy atom. The van der Waals surface area contributed by atoms with Crippen LogP contribution in [0.5, 0.6) is 0 Å². The van der Waals surface area contributed by atoms with E-state index >= 15 is 0 Å². The first kappa shape index (κ1) is 12.3. The Hall–Kier alpha value is -1.13. The minimum absolute atomic E-state index is 0.356. The van der Waals surface area contributed by atoms with Crippen molar-refractivity contribution in [1.29, 1.82) is 0 Å². The number of benzene rings is 1. The van der Waals surface area contributed by atoms with Crippen LogP contribution in [0.15, 0.2) is 41.1 Å². The number of para-hydroxylation sites is 1. The number of rotatable bonds is 4. The van der Waals surface area contributed by atoms with Crippen LogP contribution >= 0.6 is 15.9 Å². The van der Waals surface area contributed by atoms with E-state index in [9.17, 15) is 0 Å². The van der Waals surface area contributed by atoms with E-state index in [0.29, 0.717) is 6.04 Å². The van der Waals surface area contributed by atoms with Crippen LogP contribution in [-0.2, 0) is 0 Å². The molecule has 2 aromatic rings. The highest BCUT2D eigenvalue weighted by Gasteiger charge is 2.12. The zero-order valence-electron chi connectivity index (χ0n) is 10.0. The SMILES string of the molecule is CCC(NC)c1ccccc1-n1cc(Br)cn1. The summed E-state index contributed by atoms with van der Waals surface area (Å²) in [7, 11) is 1.99. The van der Waals surface area contributed by atoms with E-state index in [-0.39, 0.29) is 0 Å². The lowest BCUT2D eigenvalue weighted by molar-refractivity contribution is 0.572. The van der Waals surface area contributed by atoms with E-state index in [4.69, 9.17) is 0 Å². The second-order valence-corrected chi connectivity index (χ2v) is 4.83. The van der Waals surface area contributed by atoms with Gasteiger partial charge in [0.1, 0.15) is 0 Å². The van der Waals surface area contributed by atoms with E-state index in [1.54, 1.807) is 6.20 Å². The Kier molecular flexibility index (Phi) is 3.97. The molecule has 0 fully saturated rings. The maximum absolute atomic E-state index is 4.34. The number of nitrogens with zero attached hydrogens (tertiary/aromatic N) is 2. The first-order valence-electron chi connectivity index (χ1n) is 5.73. The molecule has 0 spiro atoms. The number of halogens is 1. The van der Waals surface area contributed by atoms with Gasteiger partial charge in [0.05, 0.1) is 16.4 Å². The Bertz CT molecular complexity index is 489. The molecule has 0 saturated carbocycles. The molecule has 0 amide bonds. The molecule has 1 N–H and O–H groups in total. The molecule has 2 rings (SSSR count). The molecule has 0 aliphatic heterocycles. The lowest BCUT2D eigenvalue weighted by Crippen LogP contribution is -2.17. The van der Waals surface area contributed by atoms with Gasteiger partial charge < -0.3 is 5.32 Å². The Balaban J connectivity index is 2.47. The van der Waals surface area contributed by atoms with Gasteiger partial charge in [-0.2, -0.15) is 5.10 Å². The minimum atomic E-state index is 0.356. The highest BCUT2D eigenvalue weighted by molar-refractivity contribution is 9.10. The van der Waals surface area contributed by atoms with Gasteiger partial charge in [-0.15, -0.1) is 0 Å². The quantitative estimate of drug-likeness (QED) is 0.937. The third-order valence-corrected chi connectivity index (χ3v) is 3.28. The summed E-state index contributed by atoms with van der Waals surface area (Å²) in [5.74, 6) is 0. The summed E-state index contributed by atoms with van der Waals surface area (Å²) >= 11 is 3.43. The Morgan fingerprint density at radius 2 is 2.18 bits per heavy atom. The fraction of sp³-hybridized carbons (Fsp3) is 0.308. The van der Waals surface area contributed by atoms with Crippen molar-refractivity contribution in [3.05, 3.63) is 46.7 Å². The molecular weight excluding hydrogens is 278 g/mol. The van der Waals surface area contributed by atoms with Crippen molar-refractivity contribution in [3.8, 4) is 5.69 Å². The fourth-order valence-electron chi connectivity index (χ4n) is 2.00. The van der Waals surface area contributed by atoms with Crippen LogP contribution in [0.4, 0.5) is 0 Å². The fourth-order valence-corrected chi connectivity index (χ4v) is 2.29. The predicted octanol–water partition coefficient (Wildman–Crippen LogP) is 3.31. The highest BCUT2D eigenvalue weighted by Crippen LogP contribution is 2.24. The molecular formula is C13H16BrN3. The zero-order chi connectivity index (χ0) is 12.3. The summed E-state index contributed by atoms with van der Waals surface area (Å²) in [6.45, 7) is 2.18. The van der Waals surface area contributed by atoms with Gasteiger partial charge in [-0.1, -0.05) is 25.1 Å². The van der Waals surface area contributed by atoms with Crippen LogP contribution in [0.3, 0.4) is 0 Å². The van der Waals surface area contributed by atoms with E-state index in [1.807, 2.05) is 24.0 Å². The molecule has 90 valence electrons. The largest absolute Gasteiger partial charge is 0.313 e. The Morgan fingerprint density at radius 3 is 2.76 bits per heavy atom. The van der Waals surface area contributed by atoms with Gasteiger partial charge in [0, 0.05) is 12.2 Å². The number of nitrogens with one attached hydrogen (secondary N) is 1. The first-order valence-corrected chi connectivity index (χ1v) is 6.52. The smallest absolute Gasteiger partial charge is 0.0693 e. The van der Waals surface area contributed by atoms with Crippen molar-refractivity contribution in [2.75, 3.05) is 7.05 Å². The van der Waals surface area contributed by atoms with Crippen LogP contribution in [0.25, 0.3) is 5.69 Å². The molecule has 3 nitrogen and oxygen atoms in total. The summed E-state index contributed by atoms with van der Waals surface area (Å²) in [6.07, 6.45) is 4.83. The van der Waals surface area contributed by atoms with Gasteiger partial charge in [-0.05, 0) is 41.0 Å². The second-order valence-electron chi connectivity index (χ2n) is 3.91. The van der Waals surface area contributed by atoms with Crippen molar-refractivity contribution in [3.63, 3.8) is 0 Å². The molecule has 1 aromatic heterocycles. The van der Waals surface area contributed by atoms with Crippen LogP contribution in [0.2, 0.25) is 0 Å². The number of hydrogen-bond acceptors (Lipinski definition) is 2. The summed E-state index contributed by atoms with van der Waals surface area (Å²) in [5, 5.41) is 7.67. The van der Waals surface area contributed by atoms with Crippen molar-refractivity contribution in [2.24, 2.45) is 0 Å². The molecule has 1 aromatic carbocycles. The molecule has 1 unspecified atom stereocenters. The molecule has 17 heavy (non-hydrogen) atoms. The van der Waals surface area contributed by atoms with Crippen LogP contribution in [0.1, 0.15) is 24.9 Å². The molecule has 0 aliphatic carbocycles. The van der Waals surface area contributed by atoms with E-state index in [1.165, 1.54) is 5.56 Å². The standard InChI is InChI=1S/C13H16BrN3/c1-3-12(15-2)11-6-4-5-7-13(11)17-9-10(14)8-16-17/h4-9,12,15H,3H2,1-2H3. The predicted molar refractivity (Wildman–Crippen MR) is 73.4 cm³/mol. The van der Waals surface area contributed by atoms with Crippen molar-refractivity contribution in [1.82, 2.24) is 15.1 Å². The lowest BCUT2D eigenvalue weighted by Gasteiger charge is -2.18. The maximum Gasteiger partial charge on any atom is 0.0693 e. The van der Waals surface area contributed by atoms with Crippen molar-refractivity contribution >= 4 is 15.9 Å². The minimum Gasteiger partial charge on any atom is -0.313 e. The molecule has 4 heteroatoms. The van der Waals surface area contributed by atoms with Crippen LogP contribution in [-0.4, -0.2) is 16.8 Å². The molecule has 1 heterocycles. The monoisotopic (exact) mass is 293 g/mol. The number of aromatic nitrogens is 2. The van der Waals surface area contributed by atoms with E-state index in [0.717, 1.165) is 16.6 Å². The van der Waals surface area contributed by atoms with Gasteiger partial charge in [0.2, 0.25) is 0 Å². The Labute approximate surface area is 110 Å². The third kappa shape index (κ3) is 2.58. The highest BCUT2D eigenvalue weighted by atomic mass is 79.9. The average Bonchev–Trinajstić information content (AvgIpc) is 2.78. The summed E-state index contributed by atoms with van der Waals surface area (Å²) < 4.78 is 2.89. The van der Waals surface area contributed by atoms with Gasteiger partial charge in [-0.25, -0.2) is 4.68 Å². The van der Waals surface area contributed by atoms with Crippen molar-refractivity contribution < 1.29 is 0 Å². The molecule has 0 saturated heterocycles. The summed E-state index contributed by atoms with van der Waals surface area (Å²) in [4.78, 5) is 0. The normalized spacial score (nSPS) is 12.6. The zero-order valence-corrected chi connectivity index (χ0v) is 11.6. The second kappa shape index (κ2) is 5.47. The maximum atomic E-state index is 4.34. The van der Waals surface area contributed by atoms with Gasteiger partial charge >= 0.3 is 0 Å². The molecule has 1 atom stereocenters. The first-order chi connectivity index (χ1) is 8.26. The summed E-state index contributed by atoms with van der Waals surface area (Å²) in [6, 6.07) is 8.70. The molecule has 0 radical (unpaired) electrons. The van der Waals surface area contributed by atoms with Crippen LogP contribution < -0.4 is 5.32 Å². The average molecular weight is 294 g/mol. The summed E-state index contributed by atoms with van der Waals surface area (Å²) in [5.41, 5.74) is 2.40. The van der Waals surface area contributed by atoms with E-state index in [2.05, 4.69) is 51.5 Å². The molecule has 0 aliphatic rings. The topological polar surface area (TPSA) is 29.9 Å². The van der Waals surface area contributed by atoms with Crippen LogP contribution in [0, 0.1) is 0 Å². The third-order valence-electron chi connectivity index (χ3n) is 2.87. The van der Waals surface area contributed by atoms with Gasteiger partial charge in [0.25, 0.3) is 0 Å².